The van der Waals surface area contributed by atoms with Gasteiger partial charge >= 0.3 is 0 Å². The second kappa shape index (κ2) is 11.0. The maximum atomic E-state index is 12.4. The van der Waals surface area contributed by atoms with Crippen molar-refractivity contribution < 1.29 is 9.53 Å². The molecule has 0 bridgehead atoms. The van der Waals surface area contributed by atoms with E-state index in [9.17, 15) is 4.79 Å². The van der Waals surface area contributed by atoms with Gasteiger partial charge in [-0.2, -0.15) is 0 Å². The summed E-state index contributed by atoms with van der Waals surface area (Å²) in [5.41, 5.74) is 8.14. The minimum atomic E-state index is -0.100. The molecule has 1 fully saturated rings. The number of nitrogens with one attached hydrogen (secondary N) is 1. The van der Waals surface area contributed by atoms with Crippen LogP contribution in [-0.4, -0.2) is 43.7 Å². The Kier molecular flexibility index (Phi) is 9.44. The van der Waals surface area contributed by atoms with Crippen molar-refractivity contribution in [2.45, 2.75) is 6.04 Å². The summed E-state index contributed by atoms with van der Waals surface area (Å²) in [5.74, 6) is -0.100. The van der Waals surface area contributed by atoms with E-state index in [1.807, 2.05) is 18.2 Å². The van der Waals surface area contributed by atoms with Crippen LogP contribution in [0.1, 0.15) is 22.0 Å². The van der Waals surface area contributed by atoms with Crippen LogP contribution in [0.3, 0.4) is 0 Å². The monoisotopic (exact) mass is 397 g/mol. The van der Waals surface area contributed by atoms with Gasteiger partial charge in [0.1, 0.15) is 0 Å². The molecule has 26 heavy (non-hydrogen) atoms. The van der Waals surface area contributed by atoms with Gasteiger partial charge < -0.3 is 15.8 Å². The predicted molar refractivity (Wildman–Crippen MR) is 109 cm³/mol. The number of rotatable bonds is 5. The van der Waals surface area contributed by atoms with Crippen LogP contribution >= 0.6 is 24.8 Å². The van der Waals surface area contributed by atoms with Crippen molar-refractivity contribution in [2.24, 2.45) is 0 Å². The Labute approximate surface area is 166 Å². The van der Waals surface area contributed by atoms with Gasteiger partial charge in [0.25, 0.3) is 5.91 Å². The maximum absolute atomic E-state index is 12.4. The number of nitrogens with two attached hydrogens (primary N) is 1. The molecule has 3 N–H and O–H groups in total. The van der Waals surface area contributed by atoms with E-state index in [0.29, 0.717) is 17.8 Å². The molecule has 0 aromatic heterocycles. The average Bonchev–Trinajstić information content (AvgIpc) is 2.63. The third-order valence-corrected chi connectivity index (χ3v) is 4.28. The minimum absolute atomic E-state index is 0. The normalized spacial score (nSPS) is 15.2. The molecule has 0 saturated carbocycles. The van der Waals surface area contributed by atoms with E-state index in [2.05, 4.69) is 22.3 Å². The molecule has 1 saturated heterocycles. The van der Waals surface area contributed by atoms with Crippen LogP contribution in [0.4, 0.5) is 5.69 Å². The fourth-order valence-corrected chi connectivity index (χ4v) is 2.99. The van der Waals surface area contributed by atoms with Crippen LogP contribution in [0.5, 0.6) is 0 Å². The topological polar surface area (TPSA) is 67.6 Å². The van der Waals surface area contributed by atoms with Gasteiger partial charge in [-0.25, -0.2) is 0 Å². The lowest BCUT2D eigenvalue weighted by molar-refractivity contribution is 0.0162. The molecule has 2 aromatic rings. The summed E-state index contributed by atoms with van der Waals surface area (Å²) < 4.78 is 5.45. The fraction of sp³-hybridized carbons (Fsp3) is 0.316. The van der Waals surface area contributed by atoms with Crippen LogP contribution in [0.15, 0.2) is 54.6 Å². The number of benzene rings is 2. The van der Waals surface area contributed by atoms with E-state index in [4.69, 9.17) is 10.5 Å². The van der Waals surface area contributed by atoms with E-state index in [0.717, 1.165) is 26.3 Å². The lowest BCUT2D eigenvalue weighted by atomic mass is 10.0. The summed E-state index contributed by atoms with van der Waals surface area (Å²) in [6.07, 6.45) is 0. The Hall–Kier alpha value is -1.79. The predicted octanol–water partition coefficient (Wildman–Crippen LogP) is 2.92. The number of ether oxygens (including phenoxy) is 1. The van der Waals surface area contributed by atoms with Crippen molar-refractivity contribution in [3.63, 3.8) is 0 Å². The molecule has 1 unspecified atom stereocenters. The highest BCUT2D eigenvalue weighted by Gasteiger charge is 2.23. The average molecular weight is 398 g/mol. The summed E-state index contributed by atoms with van der Waals surface area (Å²) in [7, 11) is 0. The van der Waals surface area contributed by atoms with Gasteiger partial charge in [0.15, 0.2) is 0 Å². The number of hydrogen-bond donors (Lipinski definition) is 2. The largest absolute Gasteiger partial charge is 0.399 e. The Morgan fingerprint density at radius 1 is 1.08 bits per heavy atom. The highest BCUT2D eigenvalue weighted by molar-refractivity contribution is 5.95. The summed E-state index contributed by atoms with van der Waals surface area (Å²) in [5, 5.41) is 3.05. The second-order valence-electron chi connectivity index (χ2n) is 5.91. The molecular weight excluding hydrogens is 373 g/mol. The van der Waals surface area contributed by atoms with Crippen LogP contribution in [-0.2, 0) is 4.74 Å². The van der Waals surface area contributed by atoms with E-state index < -0.39 is 0 Å². The second-order valence-corrected chi connectivity index (χ2v) is 5.91. The van der Waals surface area contributed by atoms with Crippen molar-refractivity contribution >= 4 is 36.4 Å². The van der Waals surface area contributed by atoms with E-state index in [1.165, 1.54) is 5.56 Å². The van der Waals surface area contributed by atoms with Gasteiger partial charge in [0.2, 0.25) is 0 Å². The van der Waals surface area contributed by atoms with Gasteiger partial charge in [0, 0.05) is 30.9 Å². The zero-order valence-electron chi connectivity index (χ0n) is 14.5. The lowest BCUT2D eigenvalue weighted by Crippen LogP contribution is -2.43. The summed E-state index contributed by atoms with van der Waals surface area (Å²) in [4.78, 5) is 14.8. The van der Waals surface area contributed by atoms with E-state index in [1.54, 1.807) is 24.3 Å². The van der Waals surface area contributed by atoms with Gasteiger partial charge in [-0.05, 0) is 23.8 Å². The Morgan fingerprint density at radius 2 is 1.77 bits per heavy atom. The number of nitrogens with zero attached hydrogens (tertiary/aromatic N) is 1. The smallest absolute Gasteiger partial charge is 0.251 e. The van der Waals surface area contributed by atoms with Gasteiger partial charge in [-0.3, -0.25) is 9.69 Å². The molecule has 7 heteroatoms. The molecule has 5 nitrogen and oxygen atoms in total. The molecule has 0 aliphatic carbocycles. The number of hydrogen-bond acceptors (Lipinski definition) is 4. The van der Waals surface area contributed by atoms with Crippen LogP contribution in [0, 0.1) is 0 Å². The van der Waals surface area contributed by atoms with Crippen LogP contribution in [0.2, 0.25) is 0 Å². The number of anilines is 1. The van der Waals surface area contributed by atoms with Crippen molar-refractivity contribution in [1.29, 1.82) is 0 Å². The Morgan fingerprint density at radius 3 is 2.42 bits per heavy atom. The molecule has 1 aliphatic heterocycles. The molecular formula is C19H25Cl2N3O2. The standard InChI is InChI=1S/C19H23N3O2.2ClH/c20-17-8-4-7-16(13-17)19(23)21-14-18(15-5-2-1-3-6-15)22-9-11-24-12-10-22;;/h1-8,13,18H,9-12,14,20H2,(H,21,23);2*1H. The molecule has 3 rings (SSSR count). The number of carbonyl (C=O) groups is 1. The number of nitrogen functional groups attached to an aromatic ring is 1. The van der Waals surface area contributed by atoms with Crippen molar-refractivity contribution in [2.75, 3.05) is 38.6 Å². The SMILES string of the molecule is Cl.Cl.Nc1cccc(C(=O)NCC(c2ccccc2)N2CCOCC2)c1. The first-order valence-corrected chi connectivity index (χ1v) is 8.24. The summed E-state index contributed by atoms with van der Waals surface area (Å²) in [6, 6.07) is 17.5. The van der Waals surface area contributed by atoms with E-state index >= 15 is 0 Å². The molecule has 0 radical (unpaired) electrons. The molecule has 1 amide bonds. The van der Waals surface area contributed by atoms with E-state index in [-0.39, 0.29) is 36.8 Å². The van der Waals surface area contributed by atoms with Gasteiger partial charge in [-0.15, -0.1) is 24.8 Å². The highest BCUT2D eigenvalue weighted by Crippen LogP contribution is 2.21. The highest BCUT2D eigenvalue weighted by atomic mass is 35.5. The molecule has 142 valence electrons. The molecule has 1 heterocycles. The lowest BCUT2D eigenvalue weighted by Gasteiger charge is -2.35. The van der Waals surface area contributed by atoms with Gasteiger partial charge in [0.05, 0.1) is 19.3 Å². The van der Waals surface area contributed by atoms with Crippen LogP contribution in [0.25, 0.3) is 0 Å². The maximum Gasteiger partial charge on any atom is 0.251 e. The van der Waals surface area contributed by atoms with Crippen LogP contribution < -0.4 is 11.1 Å². The first kappa shape index (κ1) is 22.3. The zero-order chi connectivity index (χ0) is 16.8. The first-order valence-electron chi connectivity index (χ1n) is 8.24. The van der Waals surface area contributed by atoms with Crippen molar-refractivity contribution in [3.05, 3.63) is 65.7 Å². The number of halogens is 2. The van der Waals surface area contributed by atoms with Gasteiger partial charge in [-0.1, -0.05) is 36.4 Å². The third kappa shape index (κ3) is 5.88. The fourth-order valence-electron chi connectivity index (χ4n) is 2.99. The molecule has 0 spiro atoms. The van der Waals surface area contributed by atoms with Crippen molar-refractivity contribution in [1.82, 2.24) is 10.2 Å². The summed E-state index contributed by atoms with van der Waals surface area (Å²) >= 11 is 0. The number of amides is 1. The first-order chi connectivity index (χ1) is 11.7. The third-order valence-electron chi connectivity index (χ3n) is 4.28. The Balaban J connectivity index is 0.00000169. The molecule has 2 aromatic carbocycles. The summed E-state index contributed by atoms with van der Waals surface area (Å²) in [6.45, 7) is 3.75. The zero-order valence-corrected chi connectivity index (χ0v) is 16.1. The molecule has 1 aliphatic rings. The number of morpholine rings is 1. The quantitative estimate of drug-likeness (QED) is 0.761. The number of carbonyl (C=O) groups excluding carboxylic acids is 1. The van der Waals surface area contributed by atoms with Crippen molar-refractivity contribution in [3.8, 4) is 0 Å². The Bertz CT molecular complexity index is 679. The minimum Gasteiger partial charge on any atom is -0.399 e. The molecule has 1 atom stereocenters.